The number of rotatable bonds is 6. The molecule has 0 aliphatic heterocycles. The van der Waals surface area contributed by atoms with E-state index in [1.54, 1.807) is 0 Å². The molecule has 4 nitrogen and oxygen atoms in total. The first-order valence-corrected chi connectivity index (χ1v) is 7.26. The van der Waals surface area contributed by atoms with Gasteiger partial charge in [-0.15, -0.1) is 0 Å². The van der Waals surface area contributed by atoms with E-state index in [1.807, 2.05) is 48.2 Å². The number of nitrogens with zero attached hydrogens (tertiary/aromatic N) is 2. The SMILES string of the molecule is CN(C)c1ccc(C(=O)N(CCC(N)=S)C2CC2)cc1. The Morgan fingerprint density at radius 1 is 1.30 bits per heavy atom. The second-order valence-electron chi connectivity index (χ2n) is 5.39. The predicted molar refractivity (Wildman–Crippen MR) is 86.2 cm³/mol. The molecule has 2 N–H and O–H groups in total. The Kier molecular flexibility index (Phi) is 4.60. The van der Waals surface area contributed by atoms with E-state index in [1.165, 1.54) is 0 Å². The van der Waals surface area contributed by atoms with Crippen LogP contribution in [0, 0.1) is 0 Å². The van der Waals surface area contributed by atoms with Gasteiger partial charge in [0.15, 0.2) is 0 Å². The Labute approximate surface area is 125 Å². The molecule has 1 amide bonds. The van der Waals surface area contributed by atoms with E-state index in [0.717, 1.165) is 24.1 Å². The van der Waals surface area contributed by atoms with Crippen molar-refractivity contribution < 1.29 is 4.79 Å². The van der Waals surface area contributed by atoms with Gasteiger partial charge in [0, 0.05) is 44.4 Å². The summed E-state index contributed by atoms with van der Waals surface area (Å²) in [5.41, 5.74) is 7.35. The number of carbonyl (C=O) groups is 1. The van der Waals surface area contributed by atoms with E-state index < -0.39 is 0 Å². The molecular weight excluding hydrogens is 270 g/mol. The van der Waals surface area contributed by atoms with Crippen molar-refractivity contribution in [3.8, 4) is 0 Å². The molecule has 2 rings (SSSR count). The number of carbonyl (C=O) groups excluding carboxylic acids is 1. The first-order chi connectivity index (χ1) is 9.49. The minimum atomic E-state index is 0.0778. The molecule has 0 bridgehead atoms. The van der Waals surface area contributed by atoms with Gasteiger partial charge in [-0.2, -0.15) is 0 Å². The second-order valence-corrected chi connectivity index (χ2v) is 5.91. The highest BCUT2D eigenvalue weighted by Gasteiger charge is 2.32. The normalized spacial score (nSPS) is 13.9. The maximum Gasteiger partial charge on any atom is 0.254 e. The van der Waals surface area contributed by atoms with Crippen LogP contribution in [0.4, 0.5) is 5.69 Å². The molecule has 1 aliphatic rings. The number of hydrogen-bond acceptors (Lipinski definition) is 3. The quantitative estimate of drug-likeness (QED) is 0.815. The van der Waals surface area contributed by atoms with Gasteiger partial charge in [-0.25, -0.2) is 0 Å². The fraction of sp³-hybridized carbons (Fsp3) is 0.467. The number of thiocarbonyl (C=S) groups is 1. The number of anilines is 1. The number of benzene rings is 1. The molecule has 1 saturated carbocycles. The summed E-state index contributed by atoms with van der Waals surface area (Å²) in [7, 11) is 3.96. The highest BCUT2D eigenvalue weighted by atomic mass is 32.1. The van der Waals surface area contributed by atoms with Crippen molar-refractivity contribution in [2.45, 2.75) is 25.3 Å². The standard InChI is InChI=1S/C15H21N3OS/c1-17(2)12-5-3-11(4-6-12)15(19)18(13-7-8-13)10-9-14(16)20/h3-6,13H,7-10H2,1-2H3,(H2,16,20). The van der Waals surface area contributed by atoms with Crippen LogP contribution in [0.1, 0.15) is 29.6 Å². The van der Waals surface area contributed by atoms with Crippen molar-refractivity contribution >= 4 is 28.8 Å². The van der Waals surface area contributed by atoms with Gasteiger partial charge in [-0.05, 0) is 37.1 Å². The van der Waals surface area contributed by atoms with Gasteiger partial charge < -0.3 is 15.5 Å². The average Bonchev–Trinajstić information content (AvgIpc) is 3.23. The van der Waals surface area contributed by atoms with Crippen LogP contribution in [-0.2, 0) is 0 Å². The molecule has 20 heavy (non-hydrogen) atoms. The molecule has 1 aromatic carbocycles. The first kappa shape index (κ1) is 14.8. The van der Waals surface area contributed by atoms with Gasteiger partial charge in [-0.3, -0.25) is 4.79 Å². The zero-order valence-electron chi connectivity index (χ0n) is 12.0. The monoisotopic (exact) mass is 291 g/mol. The lowest BCUT2D eigenvalue weighted by Crippen LogP contribution is -2.35. The molecule has 0 heterocycles. The summed E-state index contributed by atoms with van der Waals surface area (Å²) in [4.78, 5) is 16.9. The van der Waals surface area contributed by atoms with Crippen LogP contribution in [-0.4, -0.2) is 42.5 Å². The third kappa shape index (κ3) is 3.70. The molecule has 0 saturated heterocycles. The lowest BCUT2D eigenvalue weighted by Gasteiger charge is -2.22. The van der Waals surface area contributed by atoms with Crippen molar-refractivity contribution in [3.63, 3.8) is 0 Å². The number of hydrogen-bond donors (Lipinski definition) is 1. The van der Waals surface area contributed by atoms with Gasteiger partial charge in [0.1, 0.15) is 0 Å². The van der Waals surface area contributed by atoms with E-state index in [0.29, 0.717) is 24.0 Å². The van der Waals surface area contributed by atoms with Crippen LogP contribution in [0.2, 0.25) is 0 Å². The minimum Gasteiger partial charge on any atom is -0.393 e. The minimum absolute atomic E-state index is 0.0778. The van der Waals surface area contributed by atoms with Gasteiger partial charge in [0.25, 0.3) is 5.91 Å². The van der Waals surface area contributed by atoms with E-state index in [9.17, 15) is 4.79 Å². The molecule has 0 radical (unpaired) electrons. The zero-order valence-corrected chi connectivity index (χ0v) is 12.8. The molecule has 0 atom stereocenters. The van der Waals surface area contributed by atoms with Crippen molar-refractivity contribution in [2.24, 2.45) is 5.73 Å². The Morgan fingerprint density at radius 3 is 2.35 bits per heavy atom. The van der Waals surface area contributed by atoms with Crippen LogP contribution in [0.25, 0.3) is 0 Å². The third-order valence-corrected chi connectivity index (χ3v) is 3.68. The van der Waals surface area contributed by atoms with E-state index in [2.05, 4.69) is 0 Å². The topological polar surface area (TPSA) is 49.6 Å². The van der Waals surface area contributed by atoms with E-state index in [4.69, 9.17) is 18.0 Å². The zero-order chi connectivity index (χ0) is 14.7. The molecule has 5 heteroatoms. The van der Waals surface area contributed by atoms with Crippen LogP contribution >= 0.6 is 12.2 Å². The summed E-state index contributed by atoms with van der Waals surface area (Å²) in [5, 5.41) is 0. The predicted octanol–water partition coefficient (Wildman–Crippen LogP) is 2.03. The van der Waals surface area contributed by atoms with Crippen LogP contribution in [0.5, 0.6) is 0 Å². The average molecular weight is 291 g/mol. The largest absolute Gasteiger partial charge is 0.393 e. The van der Waals surface area contributed by atoms with Gasteiger partial charge in [-0.1, -0.05) is 12.2 Å². The molecule has 0 spiro atoms. The smallest absolute Gasteiger partial charge is 0.254 e. The summed E-state index contributed by atoms with van der Waals surface area (Å²) >= 11 is 4.90. The molecule has 1 aliphatic carbocycles. The lowest BCUT2D eigenvalue weighted by atomic mass is 10.1. The maximum atomic E-state index is 12.5. The van der Waals surface area contributed by atoms with Crippen LogP contribution in [0.15, 0.2) is 24.3 Å². The summed E-state index contributed by atoms with van der Waals surface area (Å²) in [6.07, 6.45) is 2.76. The van der Waals surface area contributed by atoms with Crippen molar-refractivity contribution in [1.82, 2.24) is 4.90 Å². The van der Waals surface area contributed by atoms with Crippen molar-refractivity contribution in [2.75, 3.05) is 25.5 Å². The van der Waals surface area contributed by atoms with Crippen molar-refractivity contribution in [3.05, 3.63) is 29.8 Å². The Morgan fingerprint density at radius 2 is 1.90 bits per heavy atom. The molecule has 1 aromatic rings. The maximum absolute atomic E-state index is 12.5. The van der Waals surface area contributed by atoms with Crippen LogP contribution in [0.3, 0.4) is 0 Å². The molecule has 0 unspecified atom stereocenters. The Balaban J connectivity index is 2.08. The summed E-state index contributed by atoms with van der Waals surface area (Å²) in [5.74, 6) is 0.0778. The lowest BCUT2D eigenvalue weighted by molar-refractivity contribution is 0.0748. The van der Waals surface area contributed by atoms with Gasteiger partial charge >= 0.3 is 0 Å². The number of nitrogens with two attached hydrogens (primary N) is 1. The Hall–Kier alpha value is -1.62. The molecule has 108 valence electrons. The first-order valence-electron chi connectivity index (χ1n) is 6.85. The summed E-state index contributed by atoms with van der Waals surface area (Å²) in [6.45, 7) is 0.619. The third-order valence-electron chi connectivity index (χ3n) is 3.48. The van der Waals surface area contributed by atoms with E-state index >= 15 is 0 Å². The summed E-state index contributed by atoms with van der Waals surface area (Å²) < 4.78 is 0. The number of amides is 1. The van der Waals surface area contributed by atoms with E-state index in [-0.39, 0.29) is 5.91 Å². The molecule has 1 fully saturated rings. The van der Waals surface area contributed by atoms with Crippen molar-refractivity contribution in [1.29, 1.82) is 0 Å². The highest BCUT2D eigenvalue weighted by molar-refractivity contribution is 7.80. The van der Waals surface area contributed by atoms with Crippen LogP contribution < -0.4 is 10.6 Å². The summed E-state index contributed by atoms with van der Waals surface area (Å²) in [6, 6.07) is 8.06. The molecule has 0 aromatic heterocycles. The second kappa shape index (κ2) is 6.22. The van der Waals surface area contributed by atoms with Gasteiger partial charge in [0.2, 0.25) is 0 Å². The van der Waals surface area contributed by atoms with Gasteiger partial charge in [0.05, 0.1) is 4.99 Å². The fourth-order valence-electron chi connectivity index (χ4n) is 2.13. The molecular formula is C15H21N3OS. The highest BCUT2D eigenvalue weighted by Crippen LogP contribution is 2.28. The fourth-order valence-corrected chi connectivity index (χ4v) is 2.23. The Bertz CT molecular complexity index is 494.